The molecule has 0 aliphatic carbocycles. The number of sulfonamides is 1. The van der Waals surface area contributed by atoms with E-state index in [2.05, 4.69) is 10.0 Å². The normalized spacial score (nSPS) is 12.9. The number of carbonyl (C=O) groups is 1. The molecule has 0 radical (unpaired) electrons. The number of anilines is 1. The van der Waals surface area contributed by atoms with Crippen molar-refractivity contribution in [2.75, 3.05) is 25.6 Å². The van der Waals surface area contributed by atoms with E-state index in [9.17, 15) is 13.2 Å². The first-order valence-electron chi connectivity index (χ1n) is 5.89. The summed E-state index contributed by atoms with van der Waals surface area (Å²) in [6.07, 6.45) is 0. The Kier molecular flexibility index (Phi) is 6.08. The van der Waals surface area contributed by atoms with E-state index in [1.54, 1.807) is 0 Å². The van der Waals surface area contributed by atoms with Gasteiger partial charge in [-0.1, -0.05) is 0 Å². The maximum atomic E-state index is 12.0. The fraction of sp³-hybridized carbons (Fsp3) is 0.417. The second-order valence-electron chi connectivity index (χ2n) is 4.16. The zero-order chi connectivity index (χ0) is 15.2. The van der Waals surface area contributed by atoms with Crippen LogP contribution in [-0.4, -0.2) is 45.8 Å². The molecule has 3 N–H and O–H groups in total. The Morgan fingerprint density at radius 2 is 1.95 bits per heavy atom. The number of hydrogen-bond acceptors (Lipinski definition) is 5. The van der Waals surface area contributed by atoms with Crippen LogP contribution in [0.3, 0.4) is 0 Å². The molecule has 0 aromatic heterocycles. The summed E-state index contributed by atoms with van der Waals surface area (Å²) in [5, 5.41) is 11.6. The van der Waals surface area contributed by atoms with Crippen molar-refractivity contribution in [2.24, 2.45) is 0 Å². The molecule has 0 bridgehead atoms. The molecule has 7 nitrogen and oxygen atoms in total. The zero-order valence-corrected chi connectivity index (χ0v) is 12.1. The third-order valence-electron chi connectivity index (χ3n) is 2.40. The number of amides is 1. The Labute approximate surface area is 118 Å². The van der Waals surface area contributed by atoms with Gasteiger partial charge in [0, 0.05) is 19.7 Å². The van der Waals surface area contributed by atoms with Gasteiger partial charge in [-0.25, -0.2) is 13.1 Å². The standard InChI is InChI=1S/C12H18N2O5S/c1-9(16)13-10-3-5-12(6-4-10)20(17,18)14-11(7-15)8-19-2/h3-6,11,14-15H,7-8H2,1-2H3,(H,13,16). The summed E-state index contributed by atoms with van der Waals surface area (Å²) < 4.78 is 31.2. The number of carbonyl (C=O) groups excluding carboxylic acids is 1. The highest BCUT2D eigenvalue weighted by Gasteiger charge is 2.19. The van der Waals surface area contributed by atoms with Crippen molar-refractivity contribution in [3.05, 3.63) is 24.3 Å². The van der Waals surface area contributed by atoms with Crippen LogP contribution in [-0.2, 0) is 19.6 Å². The summed E-state index contributed by atoms with van der Waals surface area (Å²) >= 11 is 0. The zero-order valence-electron chi connectivity index (χ0n) is 11.3. The number of aliphatic hydroxyl groups is 1. The van der Waals surface area contributed by atoms with Gasteiger partial charge in [-0.15, -0.1) is 0 Å². The summed E-state index contributed by atoms with van der Waals surface area (Å²) in [6.45, 7) is 1.07. The molecular formula is C12H18N2O5S. The molecule has 0 heterocycles. The molecule has 1 aromatic carbocycles. The van der Waals surface area contributed by atoms with Crippen molar-refractivity contribution < 1.29 is 23.1 Å². The summed E-state index contributed by atoms with van der Waals surface area (Å²) in [7, 11) is -2.33. The third-order valence-corrected chi connectivity index (χ3v) is 3.93. The number of benzene rings is 1. The maximum absolute atomic E-state index is 12.0. The van der Waals surface area contributed by atoms with Gasteiger partial charge in [-0.05, 0) is 24.3 Å². The summed E-state index contributed by atoms with van der Waals surface area (Å²) in [6, 6.07) is 5.00. The average molecular weight is 302 g/mol. The van der Waals surface area contributed by atoms with Crippen LogP contribution in [0, 0.1) is 0 Å². The Bertz CT molecular complexity index is 541. The number of aliphatic hydroxyl groups excluding tert-OH is 1. The smallest absolute Gasteiger partial charge is 0.240 e. The summed E-state index contributed by atoms with van der Waals surface area (Å²) in [4.78, 5) is 10.9. The molecule has 0 saturated heterocycles. The van der Waals surface area contributed by atoms with Crippen molar-refractivity contribution in [3.63, 3.8) is 0 Å². The lowest BCUT2D eigenvalue weighted by Crippen LogP contribution is -2.40. The molecule has 0 aliphatic rings. The first kappa shape index (κ1) is 16.6. The number of hydrogen-bond donors (Lipinski definition) is 3. The SMILES string of the molecule is COCC(CO)NS(=O)(=O)c1ccc(NC(C)=O)cc1. The summed E-state index contributed by atoms with van der Waals surface area (Å²) in [5.74, 6) is -0.237. The van der Waals surface area contributed by atoms with E-state index in [1.807, 2.05) is 0 Å². The topological polar surface area (TPSA) is 105 Å². The molecule has 1 amide bonds. The minimum Gasteiger partial charge on any atom is -0.395 e. The Morgan fingerprint density at radius 1 is 1.35 bits per heavy atom. The van der Waals surface area contributed by atoms with Gasteiger partial charge in [-0.3, -0.25) is 4.79 Å². The molecule has 0 saturated carbocycles. The quantitative estimate of drug-likeness (QED) is 0.654. The molecule has 20 heavy (non-hydrogen) atoms. The number of ether oxygens (including phenoxy) is 1. The van der Waals surface area contributed by atoms with Crippen LogP contribution in [0.2, 0.25) is 0 Å². The fourth-order valence-electron chi connectivity index (χ4n) is 1.53. The van der Waals surface area contributed by atoms with Crippen LogP contribution in [0.4, 0.5) is 5.69 Å². The van der Waals surface area contributed by atoms with Crippen molar-refractivity contribution in [1.82, 2.24) is 4.72 Å². The fourth-order valence-corrected chi connectivity index (χ4v) is 2.75. The molecule has 0 fully saturated rings. The number of rotatable bonds is 7. The van der Waals surface area contributed by atoms with Crippen LogP contribution in [0.25, 0.3) is 0 Å². The van der Waals surface area contributed by atoms with Gasteiger partial charge in [0.25, 0.3) is 0 Å². The molecule has 0 spiro atoms. The van der Waals surface area contributed by atoms with E-state index in [1.165, 1.54) is 38.3 Å². The minimum atomic E-state index is -3.74. The van der Waals surface area contributed by atoms with Gasteiger partial charge >= 0.3 is 0 Å². The summed E-state index contributed by atoms with van der Waals surface area (Å²) in [5.41, 5.74) is 0.507. The van der Waals surface area contributed by atoms with Crippen molar-refractivity contribution in [1.29, 1.82) is 0 Å². The maximum Gasteiger partial charge on any atom is 0.240 e. The largest absolute Gasteiger partial charge is 0.395 e. The molecule has 8 heteroatoms. The molecule has 112 valence electrons. The second-order valence-corrected chi connectivity index (χ2v) is 5.88. The monoisotopic (exact) mass is 302 g/mol. The molecular weight excluding hydrogens is 284 g/mol. The number of methoxy groups -OCH3 is 1. The van der Waals surface area contributed by atoms with Gasteiger partial charge in [-0.2, -0.15) is 0 Å². The Hall–Kier alpha value is -1.48. The Morgan fingerprint density at radius 3 is 2.40 bits per heavy atom. The first-order chi connectivity index (χ1) is 9.39. The van der Waals surface area contributed by atoms with Crippen LogP contribution < -0.4 is 10.0 Å². The molecule has 1 rings (SSSR count). The van der Waals surface area contributed by atoms with E-state index in [4.69, 9.17) is 9.84 Å². The third kappa shape index (κ3) is 4.89. The molecule has 1 aromatic rings. The van der Waals surface area contributed by atoms with Crippen molar-refractivity contribution in [2.45, 2.75) is 17.9 Å². The van der Waals surface area contributed by atoms with Crippen LogP contribution in [0.5, 0.6) is 0 Å². The van der Waals surface area contributed by atoms with Crippen LogP contribution >= 0.6 is 0 Å². The van der Waals surface area contributed by atoms with Gasteiger partial charge in [0.15, 0.2) is 0 Å². The molecule has 1 atom stereocenters. The van der Waals surface area contributed by atoms with Gasteiger partial charge in [0.05, 0.1) is 24.2 Å². The van der Waals surface area contributed by atoms with E-state index in [0.717, 1.165) is 0 Å². The van der Waals surface area contributed by atoms with E-state index < -0.39 is 16.1 Å². The van der Waals surface area contributed by atoms with Crippen molar-refractivity contribution >= 4 is 21.6 Å². The Balaban J connectivity index is 2.84. The van der Waals surface area contributed by atoms with Crippen LogP contribution in [0.1, 0.15) is 6.92 Å². The average Bonchev–Trinajstić information content (AvgIpc) is 2.38. The lowest BCUT2D eigenvalue weighted by molar-refractivity contribution is -0.114. The predicted octanol–water partition coefficient (Wildman–Crippen LogP) is -0.0694. The van der Waals surface area contributed by atoms with Gasteiger partial charge < -0.3 is 15.2 Å². The second kappa shape index (κ2) is 7.34. The van der Waals surface area contributed by atoms with E-state index in [-0.39, 0.29) is 24.0 Å². The predicted molar refractivity (Wildman–Crippen MR) is 73.8 cm³/mol. The number of nitrogens with one attached hydrogen (secondary N) is 2. The van der Waals surface area contributed by atoms with Crippen molar-refractivity contribution in [3.8, 4) is 0 Å². The van der Waals surface area contributed by atoms with E-state index in [0.29, 0.717) is 5.69 Å². The highest BCUT2D eigenvalue weighted by molar-refractivity contribution is 7.89. The first-order valence-corrected chi connectivity index (χ1v) is 7.37. The van der Waals surface area contributed by atoms with Crippen LogP contribution in [0.15, 0.2) is 29.2 Å². The highest BCUT2D eigenvalue weighted by Crippen LogP contribution is 2.14. The highest BCUT2D eigenvalue weighted by atomic mass is 32.2. The van der Waals surface area contributed by atoms with E-state index >= 15 is 0 Å². The van der Waals surface area contributed by atoms with Gasteiger partial charge in [0.1, 0.15) is 0 Å². The lowest BCUT2D eigenvalue weighted by atomic mass is 10.3. The molecule has 0 aliphatic heterocycles. The lowest BCUT2D eigenvalue weighted by Gasteiger charge is -2.15. The minimum absolute atomic E-state index is 0.0427. The molecule has 1 unspecified atom stereocenters. The van der Waals surface area contributed by atoms with Gasteiger partial charge in [0.2, 0.25) is 15.9 Å².